The van der Waals surface area contributed by atoms with Crippen LogP contribution in [0.3, 0.4) is 0 Å². The van der Waals surface area contributed by atoms with Crippen molar-refractivity contribution in [1.82, 2.24) is 0 Å². The van der Waals surface area contributed by atoms with E-state index >= 15 is 0 Å². The van der Waals surface area contributed by atoms with Gasteiger partial charge in [0.2, 0.25) is 0 Å². The summed E-state index contributed by atoms with van der Waals surface area (Å²) in [5.74, 6) is 1.56. The quantitative estimate of drug-likeness (QED) is 0.367. The minimum atomic E-state index is 0.157. The molecule has 0 radical (unpaired) electrons. The molecule has 0 bridgehead atoms. The summed E-state index contributed by atoms with van der Waals surface area (Å²) in [5.41, 5.74) is 1.07. The Hall–Kier alpha value is -1.05. The van der Waals surface area contributed by atoms with Crippen LogP contribution in [0.15, 0.2) is 10.5 Å². The molecule has 0 amide bonds. The van der Waals surface area contributed by atoms with Crippen LogP contribution in [0.4, 0.5) is 0 Å². The van der Waals surface area contributed by atoms with Crippen molar-refractivity contribution < 1.29 is 9.21 Å². The van der Waals surface area contributed by atoms with Crippen LogP contribution in [0, 0.1) is 13.8 Å². The fourth-order valence-electron chi connectivity index (χ4n) is 2.43. The van der Waals surface area contributed by atoms with Gasteiger partial charge in [0.1, 0.15) is 5.76 Å². The maximum absolute atomic E-state index is 11.9. The highest BCUT2D eigenvalue weighted by molar-refractivity contribution is 5.93. The Labute approximate surface area is 123 Å². The number of carbonyl (C=O) groups is 1. The molecule has 0 aromatic carbocycles. The molecule has 1 aromatic heterocycles. The summed E-state index contributed by atoms with van der Waals surface area (Å²) in [4.78, 5) is 11.9. The molecular formula is C18H30O2. The Morgan fingerprint density at radius 3 is 2.00 bits per heavy atom. The number of hydrogen-bond acceptors (Lipinski definition) is 2. The van der Waals surface area contributed by atoms with Crippen LogP contribution in [-0.2, 0) is 0 Å². The molecule has 114 valence electrons. The minimum Gasteiger partial charge on any atom is -0.458 e. The maximum Gasteiger partial charge on any atom is 0.198 e. The van der Waals surface area contributed by atoms with Crippen molar-refractivity contribution >= 4 is 5.78 Å². The topological polar surface area (TPSA) is 30.2 Å². The second kappa shape index (κ2) is 9.79. The molecule has 2 heteroatoms. The lowest BCUT2D eigenvalue weighted by Crippen LogP contribution is -1.96. The first kappa shape index (κ1) is 17.0. The highest BCUT2D eigenvalue weighted by Crippen LogP contribution is 2.17. The number of Topliss-reactive ketones (excluding diaryl/α,β-unsaturated/α-hetero) is 1. The van der Waals surface area contributed by atoms with E-state index in [4.69, 9.17) is 4.42 Å². The summed E-state index contributed by atoms with van der Waals surface area (Å²) in [7, 11) is 0. The number of ketones is 1. The van der Waals surface area contributed by atoms with E-state index < -0.39 is 0 Å². The Bertz CT molecular complexity index is 371. The van der Waals surface area contributed by atoms with Crippen molar-refractivity contribution in [2.75, 3.05) is 0 Å². The van der Waals surface area contributed by atoms with Gasteiger partial charge < -0.3 is 4.42 Å². The fourth-order valence-corrected chi connectivity index (χ4v) is 2.43. The third-order valence-corrected chi connectivity index (χ3v) is 3.95. The average molecular weight is 278 g/mol. The third kappa shape index (κ3) is 6.40. The molecule has 0 aliphatic rings. The average Bonchev–Trinajstić information content (AvgIpc) is 2.77. The lowest BCUT2D eigenvalue weighted by atomic mass is 10.0. The number of carbonyl (C=O) groups excluding carboxylic acids is 1. The van der Waals surface area contributed by atoms with Crippen LogP contribution in [0.25, 0.3) is 0 Å². The SMILES string of the molecule is CCCCCCCCCCCC(=O)c1cc(C)c(C)o1. The van der Waals surface area contributed by atoms with Gasteiger partial charge in [0, 0.05) is 6.42 Å². The predicted molar refractivity (Wildman–Crippen MR) is 84.4 cm³/mol. The molecule has 1 aromatic rings. The highest BCUT2D eigenvalue weighted by atomic mass is 16.3. The molecule has 0 unspecified atom stereocenters. The Morgan fingerprint density at radius 1 is 0.950 bits per heavy atom. The monoisotopic (exact) mass is 278 g/mol. The van der Waals surface area contributed by atoms with Gasteiger partial charge in [0.25, 0.3) is 0 Å². The molecule has 0 spiro atoms. The van der Waals surface area contributed by atoms with Gasteiger partial charge in [-0.05, 0) is 31.9 Å². The lowest BCUT2D eigenvalue weighted by Gasteiger charge is -2.01. The molecule has 20 heavy (non-hydrogen) atoms. The molecule has 2 nitrogen and oxygen atoms in total. The van der Waals surface area contributed by atoms with E-state index in [1.807, 2.05) is 19.9 Å². The number of furan rings is 1. The lowest BCUT2D eigenvalue weighted by molar-refractivity contribution is 0.0951. The first-order chi connectivity index (χ1) is 9.65. The van der Waals surface area contributed by atoms with Crippen LogP contribution < -0.4 is 0 Å². The number of unbranched alkanes of at least 4 members (excludes halogenated alkanes) is 8. The summed E-state index contributed by atoms with van der Waals surface area (Å²) in [6.45, 7) is 6.14. The van der Waals surface area contributed by atoms with E-state index in [0.29, 0.717) is 12.2 Å². The van der Waals surface area contributed by atoms with Gasteiger partial charge in [-0.2, -0.15) is 0 Å². The Morgan fingerprint density at radius 2 is 1.50 bits per heavy atom. The molecule has 1 heterocycles. The van der Waals surface area contributed by atoms with Crippen molar-refractivity contribution in [2.24, 2.45) is 0 Å². The second-order valence-electron chi connectivity index (χ2n) is 5.85. The van der Waals surface area contributed by atoms with E-state index in [1.165, 1.54) is 44.9 Å². The largest absolute Gasteiger partial charge is 0.458 e. The van der Waals surface area contributed by atoms with Gasteiger partial charge in [-0.1, -0.05) is 58.3 Å². The molecule has 0 aliphatic carbocycles. The number of rotatable bonds is 11. The normalized spacial score (nSPS) is 10.9. The van der Waals surface area contributed by atoms with Crippen LogP contribution in [0.2, 0.25) is 0 Å². The molecule has 1 rings (SSSR count). The van der Waals surface area contributed by atoms with Gasteiger partial charge in [0.05, 0.1) is 0 Å². The molecule has 0 atom stereocenters. The first-order valence-electron chi connectivity index (χ1n) is 8.25. The van der Waals surface area contributed by atoms with E-state index in [-0.39, 0.29) is 5.78 Å². The predicted octanol–water partition coefficient (Wildman–Crippen LogP) is 6.00. The molecule has 0 aliphatic heterocycles. The Kier molecular flexibility index (Phi) is 8.32. The zero-order valence-electron chi connectivity index (χ0n) is 13.5. The van der Waals surface area contributed by atoms with Crippen molar-refractivity contribution in [3.8, 4) is 0 Å². The number of hydrogen-bond donors (Lipinski definition) is 0. The minimum absolute atomic E-state index is 0.157. The van der Waals surface area contributed by atoms with Gasteiger partial charge in [-0.15, -0.1) is 0 Å². The van der Waals surface area contributed by atoms with Crippen LogP contribution in [0.5, 0.6) is 0 Å². The summed E-state index contributed by atoms with van der Waals surface area (Å²) in [6.07, 6.45) is 12.2. The molecule has 0 fully saturated rings. The summed E-state index contributed by atoms with van der Waals surface area (Å²) >= 11 is 0. The van der Waals surface area contributed by atoms with E-state index in [9.17, 15) is 4.79 Å². The van der Waals surface area contributed by atoms with Crippen LogP contribution in [-0.4, -0.2) is 5.78 Å². The molecular weight excluding hydrogens is 248 g/mol. The van der Waals surface area contributed by atoms with Crippen molar-refractivity contribution in [2.45, 2.75) is 85.0 Å². The molecule has 0 saturated heterocycles. The van der Waals surface area contributed by atoms with Crippen molar-refractivity contribution in [1.29, 1.82) is 0 Å². The third-order valence-electron chi connectivity index (χ3n) is 3.95. The van der Waals surface area contributed by atoms with E-state index in [2.05, 4.69) is 6.92 Å². The highest BCUT2D eigenvalue weighted by Gasteiger charge is 2.11. The maximum atomic E-state index is 11.9. The zero-order chi connectivity index (χ0) is 14.8. The van der Waals surface area contributed by atoms with E-state index in [1.54, 1.807) is 0 Å². The number of aryl methyl sites for hydroxylation is 2. The standard InChI is InChI=1S/C18H30O2/c1-4-5-6-7-8-9-10-11-12-13-17(19)18-14-15(2)16(3)20-18/h14H,4-13H2,1-3H3. The molecule has 0 saturated carbocycles. The van der Waals surface area contributed by atoms with Crippen molar-refractivity contribution in [3.05, 3.63) is 23.2 Å². The summed E-state index contributed by atoms with van der Waals surface area (Å²) in [6, 6.07) is 1.87. The van der Waals surface area contributed by atoms with Gasteiger partial charge in [-0.3, -0.25) is 4.79 Å². The van der Waals surface area contributed by atoms with Crippen molar-refractivity contribution in [3.63, 3.8) is 0 Å². The van der Waals surface area contributed by atoms with Crippen LogP contribution >= 0.6 is 0 Å². The van der Waals surface area contributed by atoms with E-state index in [0.717, 1.165) is 24.2 Å². The zero-order valence-corrected chi connectivity index (χ0v) is 13.5. The summed E-state index contributed by atoms with van der Waals surface area (Å²) < 4.78 is 5.46. The smallest absolute Gasteiger partial charge is 0.198 e. The van der Waals surface area contributed by atoms with Gasteiger partial charge >= 0.3 is 0 Å². The Balaban J connectivity index is 2.02. The van der Waals surface area contributed by atoms with Gasteiger partial charge in [-0.25, -0.2) is 0 Å². The first-order valence-corrected chi connectivity index (χ1v) is 8.25. The fraction of sp³-hybridized carbons (Fsp3) is 0.722. The summed E-state index contributed by atoms with van der Waals surface area (Å²) in [5, 5.41) is 0. The molecule has 0 N–H and O–H groups in total. The second-order valence-corrected chi connectivity index (χ2v) is 5.85. The van der Waals surface area contributed by atoms with Gasteiger partial charge in [0.15, 0.2) is 11.5 Å². The van der Waals surface area contributed by atoms with Crippen LogP contribution in [0.1, 0.15) is 93.0 Å².